The van der Waals surface area contributed by atoms with Gasteiger partial charge in [0.1, 0.15) is 0 Å². The topological polar surface area (TPSA) is 61.7 Å². The predicted molar refractivity (Wildman–Crippen MR) is 64.0 cm³/mol. The molecule has 1 aliphatic rings. The van der Waals surface area contributed by atoms with Crippen molar-refractivity contribution >= 4 is 0 Å². The summed E-state index contributed by atoms with van der Waals surface area (Å²) in [6.07, 6.45) is 1.21. The summed E-state index contributed by atoms with van der Waals surface area (Å²) in [5.74, 6) is -0.113. The molecule has 17 heavy (non-hydrogen) atoms. The van der Waals surface area contributed by atoms with Crippen LogP contribution in [0.2, 0.25) is 0 Å². The van der Waals surface area contributed by atoms with Crippen molar-refractivity contribution in [2.24, 2.45) is 0 Å². The van der Waals surface area contributed by atoms with E-state index in [1.807, 2.05) is 30.3 Å². The first-order valence-corrected chi connectivity index (χ1v) is 5.98. The molecule has 1 heterocycles. The number of hydroxylamine groups is 1. The Morgan fingerprint density at radius 2 is 1.88 bits per heavy atom. The molecule has 0 spiro atoms. The largest absolute Gasteiger partial charge is 0.389 e. The fraction of sp³-hybridized carbons (Fsp3) is 0.538. The van der Waals surface area contributed by atoms with Crippen LogP contribution >= 0.6 is 0 Å². The third kappa shape index (κ3) is 2.84. The standard InChI is InChI=1S/C13H19NO3/c15-13(6-8-17-9-7-13)12(10-14-16)11-4-2-1-3-5-11/h1-5,12,14-16H,6-10H2. The van der Waals surface area contributed by atoms with Gasteiger partial charge in [-0.25, -0.2) is 5.48 Å². The highest BCUT2D eigenvalue weighted by molar-refractivity contribution is 5.23. The van der Waals surface area contributed by atoms with Gasteiger partial charge >= 0.3 is 0 Å². The zero-order valence-corrected chi connectivity index (χ0v) is 9.80. The highest BCUT2D eigenvalue weighted by atomic mass is 16.5. The smallest absolute Gasteiger partial charge is 0.0772 e. The second-order valence-corrected chi connectivity index (χ2v) is 4.54. The third-order valence-electron chi connectivity index (χ3n) is 3.50. The van der Waals surface area contributed by atoms with E-state index >= 15 is 0 Å². The van der Waals surface area contributed by atoms with Gasteiger partial charge in [-0.15, -0.1) is 0 Å². The van der Waals surface area contributed by atoms with E-state index in [9.17, 15) is 5.11 Å². The molecular formula is C13H19NO3. The first-order chi connectivity index (χ1) is 8.26. The Morgan fingerprint density at radius 3 is 2.47 bits per heavy atom. The van der Waals surface area contributed by atoms with Crippen LogP contribution in [-0.4, -0.2) is 35.7 Å². The Hall–Kier alpha value is -0.940. The van der Waals surface area contributed by atoms with Gasteiger partial charge in [-0.05, 0) is 5.56 Å². The molecule has 1 aromatic rings. The van der Waals surface area contributed by atoms with Gasteiger partial charge < -0.3 is 15.1 Å². The van der Waals surface area contributed by atoms with E-state index < -0.39 is 5.60 Å². The van der Waals surface area contributed by atoms with E-state index in [1.54, 1.807) is 0 Å². The molecule has 0 saturated carbocycles. The molecule has 0 radical (unpaired) electrons. The number of rotatable bonds is 4. The van der Waals surface area contributed by atoms with E-state index in [0.717, 1.165) is 5.56 Å². The monoisotopic (exact) mass is 237 g/mol. The minimum Gasteiger partial charge on any atom is -0.389 e. The lowest BCUT2D eigenvalue weighted by Crippen LogP contribution is -2.45. The van der Waals surface area contributed by atoms with Gasteiger partial charge in [0.2, 0.25) is 0 Å². The van der Waals surface area contributed by atoms with Crippen LogP contribution in [0.3, 0.4) is 0 Å². The molecule has 3 N–H and O–H groups in total. The van der Waals surface area contributed by atoms with Crippen molar-refractivity contribution < 1.29 is 15.1 Å². The van der Waals surface area contributed by atoms with Crippen molar-refractivity contribution in [2.75, 3.05) is 19.8 Å². The van der Waals surface area contributed by atoms with Crippen LogP contribution in [0.25, 0.3) is 0 Å². The van der Waals surface area contributed by atoms with Crippen LogP contribution < -0.4 is 5.48 Å². The van der Waals surface area contributed by atoms with Crippen LogP contribution in [0.5, 0.6) is 0 Å². The van der Waals surface area contributed by atoms with Gasteiger partial charge in [0.15, 0.2) is 0 Å². The lowest BCUT2D eigenvalue weighted by atomic mass is 9.77. The Balaban J connectivity index is 2.22. The van der Waals surface area contributed by atoms with Crippen LogP contribution in [0.15, 0.2) is 30.3 Å². The fourth-order valence-electron chi connectivity index (χ4n) is 2.47. The third-order valence-corrected chi connectivity index (χ3v) is 3.50. The average Bonchev–Trinajstić information content (AvgIpc) is 2.38. The summed E-state index contributed by atoms with van der Waals surface area (Å²) in [5, 5.41) is 19.6. The predicted octanol–water partition coefficient (Wildman–Crippen LogP) is 1.29. The van der Waals surface area contributed by atoms with Crippen molar-refractivity contribution in [3.63, 3.8) is 0 Å². The summed E-state index contributed by atoms with van der Waals surface area (Å²) in [4.78, 5) is 0. The number of hydrogen-bond acceptors (Lipinski definition) is 4. The van der Waals surface area contributed by atoms with Crippen molar-refractivity contribution in [2.45, 2.75) is 24.4 Å². The molecule has 1 saturated heterocycles. The van der Waals surface area contributed by atoms with Crippen molar-refractivity contribution in [3.8, 4) is 0 Å². The summed E-state index contributed by atoms with van der Waals surface area (Å²) in [7, 11) is 0. The molecule has 0 aromatic heterocycles. The Bertz CT molecular complexity index is 336. The molecule has 0 bridgehead atoms. The highest BCUT2D eigenvalue weighted by Crippen LogP contribution is 2.35. The summed E-state index contributed by atoms with van der Waals surface area (Å²) in [6.45, 7) is 1.50. The number of hydrogen-bond donors (Lipinski definition) is 3. The van der Waals surface area contributed by atoms with Gasteiger partial charge in [-0.2, -0.15) is 0 Å². The zero-order valence-electron chi connectivity index (χ0n) is 9.80. The van der Waals surface area contributed by atoms with Crippen molar-refractivity contribution in [1.82, 2.24) is 5.48 Å². The van der Waals surface area contributed by atoms with Crippen LogP contribution in [0, 0.1) is 0 Å². The van der Waals surface area contributed by atoms with E-state index in [4.69, 9.17) is 9.94 Å². The van der Waals surface area contributed by atoms with Crippen LogP contribution in [0.1, 0.15) is 24.3 Å². The molecule has 1 fully saturated rings. The summed E-state index contributed by atoms with van der Waals surface area (Å²) >= 11 is 0. The molecule has 1 aliphatic heterocycles. The minimum absolute atomic E-state index is 0.113. The molecule has 4 heteroatoms. The number of ether oxygens (including phenoxy) is 1. The zero-order chi connectivity index (χ0) is 12.1. The molecule has 0 aliphatic carbocycles. The average molecular weight is 237 g/mol. The quantitative estimate of drug-likeness (QED) is 0.691. The second kappa shape index (κ2) is 5.60. The van der Waals surface area contributed by atoms with Gasteiger partial charge in [-0.3, -0.25) is 0 Å². The van der Waals surface area contributed by atoms with Gasteiger partial charge in [0.05, 0.1) is 5.60 Å². The molecule has 0 amide bonds. The fourth-order valence-corrected chi connectivity index (χ4v) is 2.47. The summed E-state index contributed by atoms with van der Waals surface area (Å²) < 4.78 is 5.29. The highest BCUT2D eigenvalue weighted by Gasteiger charge is 2.38. The van der Waals surface area contributed by atoms with Gasteiger partial charge in [0.25, 0.3) is 0 Å². The molecule has 1 aromatic carbocycles. The van der Waals surface area contributed by atoms with E-state index in [1.165, 1.54) is 0 Å². The lowest BCUT2D eigenvalue weighted by Gasteiger charge is -2.39. The first kappa shape index (κ1) is 12.5. The maximum absolute atomic E-state index is 10.7. The van der Waals surface area contributed by atoms with Crippen molar-refractivity contribution in [3.05, 3.63) is 35.9 Å². The van der Waals surface area contributed by atoms with E-state index in [-0.39, 0.29) is 5.92 Å². The van der Waals surface area contributed by atoms with Crippen molar-refractivity contribution in [1.29, 1.82) is 0 Å². The number of benzene rings is 1. The minimum atomic E-state index is -0.796. The number of nitrogens with one attached hydrogen (secondary N) is 1. The normalized spacial score (nSPS) is 21.1. The molecular weight excluding hydrogens is 218 g/mol. The van der Waals surface area contributed by atoms with Gasteiger partial charge in [0, 0.05) is 38.5 Å². The molecule has 94 valence electrons. The van der Waals surface area contributed by atoms with E-state index in [2.05, 4.69) is 5.48 Å². The maximum atomic E-state index is 10.7. The molecule has 4 nitrogen and oxygen atoms in total. The first-order valence-electron chi connectivity index (χ1n) is 5.98. The Morgan fingerprint density at radius 1 is 1.24 bits per heavy atom. The molecule has 1 atom stereocenters. The summed E-state index contributed by atoms with van der Waals surface area (Å²) in [5.41, 5.74) is 2.43. The Labute approximate surface area is 101 Å². The molecule has 1 unspecified atom stereocenters. The van der Waals surface area contributed by atoms with Crippen LogP contribution in [0.4, 0.5) is 0 Å². The lowest BCUT2D eigenvalue weighted by molar-refractivity contribution is -0.0839. The number of aliphatic hydroxyl groups is 1. The van der Waals surface area contributed by atoms with Gasteiger partial charge in [-0.1, -0.05) is 30.3 Å². The van der Waals surface area contributed by atoms with Crippen LogP contribution in [-0.2, 0) is 4.74 Å². The SMILES string of the molecule is ONCC(c1ccccc1)C1(O)CCOCC1. The molecule has 2 rings (SSSR count). The summed E-state index contributed by atoms with van der Waals surface area (Å²) in [6, 6.07) is 9.80. The second-order valence-electron chi connectivity index (χ2n) is 4.54. The Kier molecular flexibility index (Phi) is 4.12. The van der Waals surface area contributed by atoms with E-state index in [0.29, 0.717) is 32.6 Å². The maximum Gasteiger partial charge on any atom is 0.0772 e.